The van der Waals surface area contributed by atoms with Crippen molar-refractivity contribution in [3.8, 4) is 0 Å². The van der Waals surface area contributed by atoms with Crippen molar-refractivity contribution < 1.29 is 9.90 Å². The second-order valence-electron chi connectivity index (χ2n) is 1.46. The van der Waals surface area contributed by atoms with Crippen LogP contribution in [0.1, 0.15) is 20.3 Å². The molecule has 0 aromatic carbocycles. The van der Waals surface area contributed by atoms with Crippen molar-refractivity contribution in [2.24, 2.45) is 5.73 Å². The molecule has 0 aromatic heterocycles. The number of aliphatic carboxylic acids is 1. The van der Waals surface area contributed by atoms with E-state index >= 15 is 0 Å². The van der Waals surface area contributed by atoms with Gasteiger partial charge in [-0.05, 0) is 0 Å². The number of hydrogen-bond acceptors (Lipinski definition) is 3. The Kier molecular flexibility index (Phi) is 13.1. The fourth-order valence-electron chi connectivity index (χ4n) is 0.330. The molecule has 0 radical (unpaired) electrons. The van der Waals surface area contributed by atoms with Gasteiger partial charge >= 0.3 is 5.97 Å². The Labute approximate surface area is 67.1 Å². The number of nitrogens with two attached hydrogens (primary N) is 1. The summed E-state index contributed by atoms with van der Waals surface area (Å²) in [6.45, 7) is 4.42. The van der Waals surface area contributed by atoms with Gasteiger partial charge in [0.05, 0.1) is 6.42 Å². The van der Waals surface area contributed by atoms with Gasteiger partial charge < -0.3 is 16.2 Å². The van der Waals surface area contributed by atoms with Crippen molar-refractivity contribution in [3.63, 3.8) is 0 Å². The maximum atomic E-state index is 9.87. The van der Waals surface area contributed by atoms with Crippen molar-refractivity contribution in [1.29, 1.82) is 0 Å². The van der Waals surface area contributed by atoms with Crippen molar-refractivity contribution >= 4 is 5.97 Å². The fraction of sp³-hybridized carbons (Fsp3) is 0.571. The smallest absolute Gasteiger partial charge is 0.305 e. The van der Waals surface area contributed by atoms with E-state index in [1.165, 1.54) is 12.4 Å². The molecule has 4 nitrogen and oxygen atoms in total. The number of carboxylic acids is 1. The molecular weight excluding hydrogens is 144 g/mol. The summed E-state index contributed by atoms with van der Waals surface area (Å²) in [5.41, 5.74) is 4.95. The van der Waals surface area contributed by atoms with Crippen LogP contribution in [0.3, 0.4) is 0 Å². The van der Waals surface area contributed by atoms with E-state index in [2.05, 4.69) is 5.32 Å². The van der Waals surface area contributed by atoms with Crippen molar-refractivity contribution in [1.82, 2.24) is 5.32 Å². The highest BCUT2D eigenvalue weighted by Gasteiger charge is 1.91. The first kappa shape index (κ1) is 12.5. The van der Waals surface area contributed by atoms with Gasteiger partial charge in [0.15, 0.2) is 0 Å². The lowest BCUT2D eigenvalue weighted by Crippen LogP contribution is -2.11. The van der Waals surface area contributed by atoms with E-state index in [1.54, 1.807) is 0 Å². The molecule has 4 heteroatoms. The summed E-state index contributed by atoms with van der Waals surface area (Å²) in [7, 11) is 0. The lowest BCUT2D eigenvalue weighted by Gasteiger charge is -1.93. The van der Waals surface area contributed by atoms with Crippen molar-refractivity contribution in [2.75, 3.05) is 6.54 Å². The molecule has 0 aliphatic heterocycles. The molecule has 4 N–H and O–H groups in total. The second-order valence-corrected chi connectivity index (χ2v) is 1.46. The second kappa shape index (κ2) is 11.6. The maximum Gasteiger partial charge on any atom is 0.305 e. The van der Waals surface area contributed by atoms with E-state index in [-0.39, 0.29) is 6.42 Å². The number of hydrogen-bond donors (Lipinski definition) is 3. The van der Waals surface area contributed by atoms with Crippen LogP contribution in [-0.2, 0) is 4.79 Å². The molecule has 0 atom stereocenters. The zero-order valence-corrected chi connectivity index (χ0v) is 7.00. The van der Waals surface area contributed by atoms with Crippen molar-refractivity contribution in [3.05, 3.63) is 12.4 Å². The first-order valence-electron chi connectivity index (χ1n) is 3.59. The molecule has 0 bridgehead atoms. The quantitative estimate of drug-likeness (QED) is 0.524. The molecule has 0 heterocycles. The number of rotatable bonds is 4. The van der Waals surface area contributed by atoms with Gasteiger partial charge in [0.1, 0.15) is 0 Å². The molecular formula is C7H16N2O2. The predicted molar refractivity (Wildman–Crippen MR) is 44.9 cm³/mol. The van der Waals surface area contributed by atoms with Gasteiger partial charge in [0.2, 0.25) is 0 Å². The molecule has 0 aromatic rings. The summed E-state index contributed by atoms with van der Waals surface area (Å²) in [6.07, 6.45) is 2.94. The summed E-state index contributed by atoms with van der Waals surface area (Å²) >= 11 is 0. The normalized spacial score (nSPS) is 8.55. The van der Waals surface area contributed by atoms with E-state index in [0.29, 0.717) is 6.54 Å². The topological polar surface area (TPSA) is 75.3 Å². The SMILES string of the molecule is CC.N/C=C\NCCC(=O)O. The Balaban J connectivity index is 0. The minimum absolute atomic E-state index is 0.115. The van der Waals surface area contributed by atoms with Crippen LogP contribution in [0.5, 0.6) is 0 Å². The zero-order valence-electron chi connectivity index (χ0n) is 7.00. The monoisotopic (exact) mass is 160 g/mol. The minimum atomic E-state index is -0.812. The minimum Gasteiger partial charge on any atom is -0.481 e. The van der Waals surface area contributed by atoms with Crippen LogP contribution in [0.15, 0.2) is 12.4 Å². The Morgan fingerprint density at radius 2 is 2.18 bits per heavy atom. The first-order valence-corrected chi connectivity index (χ1v) is 3.59. The van der Waals surface area contributed by atoms with Crippen LogP contribution < -0.4 is 11.1 Å². The average Bonchev–Trinajstić information content (AvgIpc) is 2.02. The van der Waals surface area contributed by atoms with Gasteiger partial charge in [-0.15, -0.1) is 0 Å². The van der Waals surface area contributed by atoms with Crippen molar-refractivity contribution in [2.45, 2.75) is 20.3 Å². The van der Waals surface area contributed by atoms with Gasteiger partial charge in [0, 0.05) is 18.9 Å². The van der Waals surface area contributed by atoms with Crippen LogP contribution in [0.4, 0.5) is 0 Å². The molecule has 66 valence electrons. The van der Waals surface area contributed by atoms with Crippen LogP contribution in [0, 0.1) is 0 Å². The molecule has 0 saturated heterocycles. The molecule has 0 rings (SSSR count). The summed E-state index contributed by atoms with van der Waals surface area (Å²) in [5, 5.41) is 10.8. The third-order valence-electron chi connectivity index (χ3n) is 0.697. The molecule has 0 saturated carbocycles. The Morgan fingerprint density at radius 3 is 2.55 bits per heavy atom. The summed E-state index contributed by atoms with van der Waals surface area (Å²) in [4.78, 5) is 9.87. The molecule has 0 amide bonds. The third-order valence-corrected chi connectivity index (χ3v) is 0.697. The lowest BCUT2D eigenvalue weighted by atomic mass is 10.4. The van der Waals surface area contributed by atoms with E-state index in [0.717, 1.165) is 0 Å². The van der Waals surface area contributed by atoms with E-state index < -0.39 is 5.97 Å². The summed E-state index contributed by atoms with van der Waals surface area (Å²) < 4.78 is 0. The maximum absolute atomic E-state index is 9.87. The summed E-state index contributed by atoms with van der Waals surface area (Å²) in [6, 6.07) is 0. The fourth-order valence-corrected chi connectivity index (χ4v) is 0.330. The average molecular weight is 160 g/mol. The van der Waals surface area contributed by atoms with Gasteiger partial charge in [-0.3, -0.25) is 4.79 Å². The number of nitrogens with one attached hydrogen (secondary N) is 1. The lowest BCUT2D eigenvalue weighted by molar-refractivity contribution is -0.136. The Hall–Kier alpha value is -1.19. The zero-order chi connectivity index (χ0) is 9.11. The van der Waals surface area contributed by atoms with Crippen LogP contribution in [0.2, 0.25) is 0 Å². The van der Waals surface area contributed by atoms with E-state index in [9.17, 15) is 4.79 Å². The van der Waals surface area contributed by atoms with E-state index in [1.807, 2.05) is 13.8 Å². The Bertz CT molecular complexity index is 113. The predicted octanol–water partition coefficient (Wildman–Crippen LogP) is 0.507. The number of carbonyl (C=O) groups is 1. The van der Waals surface area contributed by atoms with Gasteiger partial charge in [-0.2, -0.15) is 0 Å². The molecule has 0 spiro atoms. The highest BCUT2D eigenvalue weighted by atomic mass is 16.4. The van der Waals surface area contributed by atoms with Crippen LogP contribution in [0.25, 0.3) is 0 Å². The molecule has 0 unspecified atom stereocenters. The largest absolute Gasteiger partial charge is 0.481 e. The molecule has 0 aliphatic rings. The molecule has 11 heavy (non-hydrogen) atoms. The van der Waals surface area contributed by atoms with Gasteiger partial charge in [0.25, 0.3) is 0 Å². The third kappa shape index (κ3) is 17.7. The summed E-state index contributed by atoms with van der Waals surface area (Å²) in [5.74, 6) is -0.812. The highest BCUT2D eigenvalue weighted by molar-refractivity contribution is 5.66. The van der Waals surface area contributed by atoms with Crippen LogP contribution >= 0.6 is 0 Å². The number of carboxylic acid groups (broad SMARTS) is 1. The molecule has 0 fully saturated rings. The standard InChI is InChI=1S/C5H10N2O2.C2H6/c6-2-4-7-3-1-5(8)9;1-2/h2,4,7H,1,3,6H2,(H,8,9);1-2H3/b4-2-;. The van der Waals surface area contributed by atoms with Gasteiger partial charge in [-0.25, -0.2) is 0 Å². The Morgan fingerprint density at radius 1 is 1.64 bits per heavy atom. The molecule has 0 aliphatic carbocycles. The van der Waals surface area contributed by atoms with Crippen LogP contribution in [-0.4, -0.2) is 17.6 Å². The van der Waals surface area contributed by atoms with Gasteiger partial charge in [-0.1, -0.05) is 13.8 Å². The van der Waals surface area contributed by atoms with E-state index in [4.69, 9.17) is 10.8 Å². The first-order chi connectivity index (χ1) is 5.27. The highest BCUT2D eigenvalue weighted by Crippen LogP contribution is 1.73.